The topological polar surface area (TPSA) is 41.1 Å². The van der Waals surface area contributed by atoms with Gasteiger partial charge in [0.15, 0.2) is 0 Å². The summed E-state index contributed by atoms with van der Waals surface area (Å²) in [6, 6.07) is 10.7. The summed E-state index contributed by atoms with van der Waals surface area (Å²) < 4.78 is 1.29. The van der Waals surface area contributed by atoms with E-state index in [0.717, 1.165) is 0 Å². The van der Waals surface area contributed by atoms with Crippen molar-refractivity contribution in [1.82, 2.24) is 10.6 Å². The van der Waals surface area contributed by atoms with Crippen LogP contribution in [0.3, 0.4) is 0 Å². The predicted octanol–water partition coefficient (Wildman–Crippen LogP) is 3.47. The lowest BCUT2D eigenvalue weighted by atomic mass is 10.2. The normalized spacial score (nSPS) is 14.4. The smallest absolute Gasteiger partial charge is 0.237 e. The zero-order chi connectivity index (χ0) is 14.7. The highest BCUT2D eigenvalue weighted by Crippen LogP contribution is 2.29. The van der Waals surface area contributed by atoms with E-state index in [1.807, 2.05) is 20.8 Å². The molecule has 1 aromatic carbocycles. The number of benzene rings is 1. The Balaban J connectivity index is 2.04. The molecule has 0 radical (unpaired) electrons. The van der Waals surface area contributed by atoms with Gasteiger partial charge >= 0.3 is 0 Å². The number of carbonyl (C=O) groups excluding carboxylic acids is 1. The molecule has 2 atom stereocenters. The van der Waals surface area contributed by atoms with Crippen LogP contribution < -0.4 is 10.6 Å². The number of amides is 1. The second kappa shape index (κ2) is 6.37. The molecule has 4 heteroatoms. The average molecular weight is 290 g/mol. The van der Waals surface area contributed by atoms with E-state index in [-0.39, 0.29) is 24.0 Å². The minimum Gasteiger partial charge on any atom is -0.353 e. The van der Waals surface area contributed by atoms with E-state index in [0.29, 0.717) is 0 Å². The predicted molar refractivity (Wildman–Crippen MR) is 86.1 cm³/mol. The van der Waals surface area contributed by atoms with Gasteiger partial charge in [0.05, 0.1) is 6.04 Å². The molecule has 2 rings (SSSR count). The van der Waals surface area contributed by atoms with Crippen LogP contribution >= 0.6 is 11.3 Å². The maximum absolute atomic E-state index is 11.9. The minimum atomic E-state index is -0.197. The molecule has 2 unspecified atom stereocenters. The van der Waals surface area contributed by atoms with Crippen LogP contribution in [0.2, 0.25) is 0 Å². The van der Waals surface area contributed by atoms with Gasteiger partial charge in [-0.05, 0) is 45.2 Å². The number of carbonyl (C=O) groups is 1. The van der Waals surface area contributed by atoms with Crippen LogP contribution in [0, 0.1) is 0 Å². The van der Waals surface area contributed by atoms with Gasteiger partial charge in [0, 0.05) is 21.7 Å². The van der Waals surface area contributed by atoms with Gasteiger partial charge in [-0.1, -0.05) is 18.2 Å². The van der Waals surface area contributed by atoms with Crippen molar-refractivity contribution in [3.8, 4) is 0 Å². The Kier molecular flexibility index (Phi) is 4.78. The van der Waals surface area contributed by atoms with Crippen LogP contribution in [0.1, 0.15) is 38.6 Å². The molecule has 1 amide bonds. The van der Waals surface area contributed by atoms with E-state index in [1.165, 1.54) is 15.0 Å². The summed E-state index contributed by atoms with van der Waals surface area (Å²) in [7, 11) is 0. The zero-order valence-electron chi connectivity index (χ0n) is 12.4. The van der Waals surface area contributed by atoms with Gasteiger partial charge in [-0.2, -0.15) is 0 Å². The average Bonchev–Trinajstić information content (AvgIpc) is 2.81. The summed E-state index contributed by atoms with van der Waals surface area (Å²) in [5.74, 6) is 0.0490. The van der Waals surface area contributed by atoms with Crippen LogP contribution in [0.15, 0.2) is 30.3 Å². The highest BCUT2D eigenvalue weighted by Gasteiger charge is 2.17. The van der Waals surface area contributed by atoms with Gasteiger partial charge < -0.3 is 5.32 Å². The minimum absolute atomic E-state index is 0.0490. The number of nitrogens with one attached hydrogen (secondary N) is 2. The first kappa shape index (κ1) is 15.0. The number of fused-ring (bicyclic) bond motifs is 1. The van der Waals surface area contributed by atoms with Crippen LogP contribution in [-0.4, -0.2) is 18.0 Å². The van der Waals surface area contributed by atoms with Crippen molar-refractivity contribution in [2.75, 3.05) is 0 Å². The van der Waals surface area contributed by atoms with Crippen molar-refractivity contribution in [3.63, 3.8) is 0 Å². The van der Waals surface area contributed by atoms with Crippen molar-refractivity contribution in [1.29, 1.82) is 0 Å². The first-order chi connectivity index (χ1) is 9.47. The van der Waals surface area contributed by atoms with E-state index >= 15 is 0 Å². The number of thiophene rings is 1. The van der Waals surface area contributed by atoms with Gasteiger partial charge in [0.25, 0.3) is 0 Å². The maximum atomic E-state index is 11.9. The highest BCUT2D eigenvalue weighted by atomic mass is 32.1. The Bertz CT molecular complexity index is 558. The molecular weight excluding hydrogens is 268 g/mol. The monoisotopic (exact) mass is 290 g/mol. The van der Waals surface area contributed by atoms with Crippen molar-refractivity contribution >= 4 is 27.3 Å². The lowest BCUT2D eigenvalue weighted by Crippen LogP contribution is -2.45. The summed E-state index contributed by atoms with van der Waals surface area (Å²) in [6.07, 6.45) is 0. The quantitative estimate of drug-likeness (QED) is 0.885. The van der Waals surface area contributed by atoms with E-state index in [1.54, 1.807) is 11.3 Å². The Morgan fingerprint density at radius 2 is 1.85 bits per heavy atom. The molecule has 20 heavy (non-hydrogen) atoms. The summed E-state index contributed by atoms with van der Waals surface area (Å²) in [5, 5.41) is 7.55. The van der Waals surface area contributed by atoms with Crippen molar-refractivity contribution < 1.29 is 4.79 Å². The van der Waals surface area contributed by atoms with Crippen LogP contribution in [0.5, 0.6) is 0 Å². The largest absolute Gasteiger partial charge is 0.353 e. The van der Waals surface area contributed by atoms with E-state index in [4.69, 9.17) is 0 Å². The van der Waals surface area contributed by atoms with Crippen molar-refractivity contribution in [3.05, 3.63) is 35.2 Å². The number of rotatable bonds is 5. The molecule has 108 valence electrons. The molecule has 0 aliphatic heterocycles. The van der Waals surface area contributed by atoms with Crippen LogP contribution in [-0.2, 0) is 4.79 Å². The lowest BCUT2D eigenvalue weighted by molar-refractivity contribution is -0.123. The van der Waals surface area contributed by atoms with Crippen LogP contribution in [0.25, 0.3) is 10.1 Å². The fraction of sp³-hybridized carbons (Fsp3) is 0.438. The lowest BCUT2D eigenvalue weighted by Gasteiger charge is -2.20. The molecule has 0 saturated heterocycles. The van der Waals surface area contributed by atoms with Gasteiger partial charge in [-0.3, -0.25) is 10.1 Å². The molecule has 2 aromatic rings. The molecule has 0 aliphatic carbocycles. The maximum Gasteiger partial charge on any atom is 0.237 e. The van der Waals surface area contributed by atoms with E-state index in [9.17, 15) is 4.79 Å². The zero-order valence-corrected chi connectivity index (χ0v) is 13.3. The molecule has 1 aromatic heterocycles. The summed E-state index contributed by atoms with van der Waals surface area (Å²) >= 11 is 1.78. The first-order valence-corrected chi connectivity index (χ1v) is 7.84. The third-order valence-electron chi connectivity index (χ3n) is 3.20. The Morgan fingerprint density at radius 1 is 1.15 bits per heavy atom. The summed E-state index contributed by atoms with van der Waals surface area (Å²) in [6.45, 7) is 7.95. The van der Waals surface area contributed by atoms with Gasteiger partial charge in [-0.15, -0.1) is 11.3 Å². The first-order valence-electron chi connectivity index (χ1n) is 7.02. The summed E-state index contributed by atoms with van der Waals surface area (Å²) in [5.41, 5.74) is 0. The molecule has 0 aliphatic rings. The number of hydrogen-bond acceptors (Lipinski definition) is 3. The molecule has 1 heterocycles. The Labute approximate surface area is 124 Å². The second-order valence-electron chi connectivity index (χ2n) is 5.46. The fourth-order valence-corrected chi connectivity index (χ4v) is 3.23. The fourth-order valence-electron chi connectivity index (χ4n) is 2.16. The second-order valence-corrected chi connectivity index (χ2v) is 6.58. The Morgan fingerprint density at radius 3 is 2.50 bits per heavy atom. The van der Waals surface area contributed by atoms with E-state index in [2.05, 4.69) is 47.9 Å². The van der Waals surface area contributed by atoms with E-state index < -0.39 is 0 Å². The standard InChI is InChI=1S/C16H22N2OS/c1-10(2)17-16(19)12(4)18-11(3)15-9-13-7-5-6-8-14(13)20-15/h5-12,18H,1-4H3,(H,17,19). The van der Waals surface area contributed by atoms with Crippen molar-refractivity contribution in [2.45, 2.75) is 45.8 Å². The third-order valence-corrected chi connectivity index (χ3v) is 4.49. The highest BCUT2D eigenvalue weighted by molar-refractivity contribution is 7.19. The van der Waals surface area contributed by atoms with Gasteiger partial charge in [0.1, 0.15) is 0 Å². The molecule has 0 saturated carbocycles. The molecule has 3 nitrogen and oxygen atoms in total. The van der Waals surface area contributed by atoms with Gasteiger partial charge in [-0.25, -0.2) is 0 Å². The third kappa shape index (κ3) is 3.58. The number of hydrogen-bond donors (Lipinski definition) is 2. The Hall–Kier alpha value is -1.39. The van der Waals surface area contributed by atoms with Crippen molar-refractivity contribution in [2.24, 2.45) is 0 Å². The van der Waals surface area contributed by atoms with Gasteiger partial charge in [0.2, 0.25) is 5.91 Å². The summed E-state index contributed by atoms with van der Waals surface area (Å²) in [4.78, 5) is 13.2. The molecule has 0 spiro atoms. The molecular formula is C16H22N2OS. The molecule has 2 N–H and O–H groups in total. The molecule has 0 bridgehead atoms. The SMILES string of the molecule is CC(C)NC(=O)C(C)NC(C)c1cc2ccccc2s1. The molecule has 0 fully saturated rings. The van der Waals surface area contributed by atoms with Crippen LogP contribution in [0.4, 0.5) is 0 Å².